The standard InChI is InChI=1S/C10H20N4O/c1-4-14-10(12-8-13-14)7-15-6-5-11-9(2)3/h8-9,11H,4-7H2,1-3H3. The predicted molar refractivity (Wildman–Crippen MR) is 58.5 cm³/mol. The van der Waals surface area contributed by atoms with E-state index in [0.29, 0.717) is 19.3 Å². The van der Waals surface area contributed by atoms with Crippen molar-refractivity contribution in [3.8, 4) is 0 Å². The number of aryl methyl sites for hydroxylation is 1. The maximum atomic E-state index is 5.49. The molecule has 0 amide bonds. The van der Waals surface area contributed by atoms with Crippen LogP contribution >= 0.6 is 0 Å². The van der Waals surface area contributed by atoms with Crippen LogP contribution < -0.4 is 5.32 Å². The lowest BCUT2D eigenvalue weighted by Gasteiger charge is -2.08. The lowest BCUT2D eigenvalue weighted by Crippen LogP contribution is -2.26. The van der Waals surface area contributed by atoms with E-state index in [1.54, 1.807) is 6.33 Å². The summed E-state index contributed by atoms with van der Waals surface area (Å²) in [5.74, 6) is 0.891. The first-order valence-electron chi connectivity index (χ1n) is 5.41. The van der Waals surface area contributed by atoms with E-state index in [2.05, 4.69) is 29.2 Å². The minimum absolute atomic E-state index is 0.507. The van der Waals surface area contributed by atoms with E-state index >= 15 is 0 Å². The first kappa shape index (κ1) is 12.1. The molecule has 1 rings (SSSR count). The van der Waals surface area contributed by atoms with Gasteiger partial charge in [0.15, 0.2) is 5.82 Å². The Morgan fingerprint density at radius 2 is 2.33 bits per heavy atom. The van der Waals surface area contributed by atoms with E-state index in [1.807, 2.05) is 11.6 Å². The van der Waals surface area contributed by atoms with Crippen LogP contribution in [0.4, 0.5) is 0 Å². The summed E-state index contributed by atoms with van der Waals surface area (Å²) in [5.41, 5.74) is 0. The van der Waals surface area contributed by atoms with E-state index in [4.69, 9.17) is 4.74 Å². The summed E-state index contributed by atoms with van der Waals surface area (Å²) in [6.45, 7) is 9.23. The van der Waals surface area contributed by atoms with E-state index in [1.165, 1.54) is 0 Å². The number of nitrogens with one attached hydrogen (secondary N) is 1. The highest BCUT2D eigenvalue weighted by molar-refractivity contribution is 4.80. The van der Waals surface area contributed by atoms with Crippen molar-refractivity contribution in [2.45, 2.75) is 40.0 Å². The third-order valence-electron chi connectivity index (χ3n) is 2.03. The van der Waals surface area contributed by atoms with Gasteiger partial charge in [-0.05, 0) is 6.92 Å². The molecule has 0 saturated heterocycles. The summed E-state index contributed by atoms with van der Waals surface area (Å²) in [7, 11) is 0. The highest BCUT2D eigenvalue weighted by Gasteiger charge is 2.01. The molecular formula is C10H20N4O. The SMILES string of the molecule is CCn1ncnc1COCCNC(C)C. The van der Waals surface area contributed by atoms with Crippen molar-refractivity contribution in [1.29, 1.82) is 0 Å². The molecular weight excluding hydrogens is 192 g/mol. The molecule has 0 saturated carbocycles. The molecule has 0 fully saturated rings. The van der Waals surface area contributed by atoms with Gasteiger partial charge in [0, 0.05) is 19.1 Å². The molecule has 86 valence electrons. The van der Waals surface area contributed by atoms with Crippen LogP contribution in [0.5, 0.6) is 0 Å². The molecule has 5 heteroatoms. The van der Waals surface area contributed by atoms with Gasteiger partial charge in [-0.1, -0.05) is 13.8 Å². The van der Waals surface area contributed by atoms with Gasteiger partial charge < -0.3 is 10.1 Å². The zero-order chi connectivity index (χ0) is 11.1. The number of rotatable bonds is 7. The summed E-state index contributed by atoms with van der Waals surface area (Å²) in [6.07, 6.45) is 1.56. The van der Waals surface area contributed by atoms with Crippen molar-refractivity contribution in [1.82, 2.24) is 20.1 Å². The second kappa shape index (κ2) is 6.53. The molecule has 1 N–H and O–H groups in total. The molecule has 0 aliphatic heterocycles. The van der Waals surface area contributed by atoms with Gasteiger partial charge in [-0.15, -0.1) is 0 Å². The fourth-order valence-electron chi connectivity index (χ4n) is 1.25. The Balaban J connectivity index is 2.15. The average Bonchev–Trinajstić information content (AvgIpc) is 2.64. The summed E-state index contributed by atoms with van der Waals surface area (Å²) in [5, 5.41) is 7.36. The van der Waals surface area contributed by atoms with E-state index in [0.717, 1.165) is 18.9 Å². The number of hydrogen-bond acceptors (Lipinski definition) is 4. The molecule has 1 heterocycles. The first-order valence-corrected chi connectivity index (χ1v) is 5.41. The van der Waals surface area contributed by atoms with Crippen molar-refractivity contribution in [2.75, 3.05) is 13.2 Å². The van der Waals surface area contributed by atoms with E-state index < -0.39 is 0 Å². The highest BCUT2D eigenvalue weighted by atomic mass is 16.5. The smallest absolute Gasteiger partial charge is 0.152 e. The largest absolute Gasteiger partial charge is 0.372 e. The normalized spacial score (nSPS) is 11.2. The van der Waals surface area contributed by atoms with Crippen LogP contribution in [0.3, 0.4) is 0 Å². The Morgan fingerprint density at radius 3 is 3.00 bits per heavy atom. The van der Waals surface area contributed by atoms with Crippen LogP contribution in [-0.4, -0.2) is 34.0 Å². The van der Waals surface area contributed by atoms with Gasteiger partial charge in [0.2, 0.25) is 0 Å². The molecule has 1 aromatic rings. The zero-order valence-corrected chi connectivity index (χ0v) is 9.73. The van der Waals surface area contributed by atoms with Gasteiger partial charge in [0.1, 0.15) is 12.9 Å². The Morgan fingerprint density at radius 1 is 1.53 bits per heavy atom. The monoisotopic (exact) mass is 212 g/mol. The summed E-state index contributed by atoms with van der Waals surface area (Å²) < 4.78 is 7.33. The topological polar surface area (TPSA) is 52.0 Å². The Hall–Kier alpha value is -0.940. The maximum absolute atomic E-state index is 5.49. The number of hydrogen-bond donors (Lipinski definition) is 1. The molecule has 15 heavy (non-hydrogen) atoms. The van der Waals surface area contributed by atoms with Crippen molar-refractivity contribution < 1.29 is 4.74 Å². The molecule has 0 bridgehead atoms. The summed E-state index contributed by atoms with van der Waals surface area (Å²) in [6, 6.07) is 0.507. The Labute approximate surface area is 90.8 Å². The van der Waals surface area contributed by atoms with Crippen molar-refractivity contribution >= 4 is 0 Å². The third kappa shape index (κ3) is 4.40. The molecule has 0 aliphatic carbocycles. The zero-order valence-electron chi connectivity index (χ0n) is 9.73. The van der Waals surface area contributed by atoms with Gasteiger partial charge in [0.05, 0.1) is 6.61 Å². The second-order valence-corrected chi connectivity index (χ2v) is 3.65. The summed E-state index contributed by atoms with van der Waals surface area (Å²) in [4.78, 5) is 4.13. The van der Waals surface area contributed by atoms with Crippen LogP contribution in [0.15, 0.2) is 6.33 Å². The predicted octanol–water partition coefficient (Wildman–Crippen LogP) is 0.813. The van der Waals surface area contributed by atoms with Crippen LogP contribution in [0.1, 0.15) is 26.6 Å². The highest BCUT2D eigenvalue weighted by Crippen LogP contribution is 1.95. The molecule has 0 atom stereocenters. The lowest BCUT2D eigenvalue weighted by atomic mass is 10.4. The Bertz CT molecular complexity index is 272. The van der Waals surface area contributed by atoms with Gasteiger partial charge in [-0.25, -0.2) is 9.67 Å². The van der Waals surface area contributed by atoms with Gasteiger partial charge in [-0.2, -0.15) is 5.10 Å². The van der Waals surface area contributed by atoms with Gasteiger partial charge in [0.25, 0.3) is 0 Å². The van der Waals surface area contributed by atoms with Gasteiger partial charge >= 0.3 is 0 Å². The maximum Gasteiger partial charge on any atom is 0.152 e. The fourth-order valence-corrected chi connectivity index (χ4v) is 1.25. The van der Waals surface area contributed by atoms with Gasteiger partial charge in [-0.3, -0.25) is 0 Å². The number of ether oxygens (including phenoxy) is 1. The third-order valence-corrected chi connectivity index (χ3v) is 2.03. The quantitative estimate of drug-likeness (QED) is 0.680. The number of aromatic nitrogens is 3. The van der Waals surface area contributed by atoms with Crippen LogP contribution in [0.25, 0.3) is 0 Å². The minimum atomic E-state index is 0.507. The molecule has 0 aromatic carbocycles. The van der Waals surface area contributed by atoms with Crippen molar-refractivity contribution in [2.24, 2.45) is 0 Å². The molecule has 0 spiro atoms. The Kier molecular flexibility index (Phi) is 5.28. The summed E-state index contributed by atoms with van der Waals surface area (Å²) >= 11 is 0. The first-order chi connectivity index (χ1) is 7.24. The van der Waals surface area contributed by atoms with E-state index in [9.17, 15) is 0 Å². The molecule has 0 unspecified atom stereocenters. The minimum Gasteiger partial charge on any atom is -0.372 e. The molecule has 1 aromatic heterocycles. The van der Waals surface area contributed by atoms with Crippen LogP contribution in [0.2, 0.25) is 0 Å². The average molecular weight is 212 g/mol. The number of nitrogens with zero attached hydrogens (tertiary/aromatic N) is 3. The van der Waals surface area contributed by atoms with Crippen LogP contribution in [-0.2, 0) is 17.9 Å². The molecule has 0 radical (unpaired) electrons. The lowest BCUT2D eigenvalue weighted by molar-refractivity contribution is 0.113. The molecule has 5 nitrogen and oxygen atoms in total. The van der Waals surface area contributed by atoms with Crippen LogP contribution in [0, 0.1) is 0 Å². The molecule has 0 aliphatic rings. The second-order valence-electron chi connectivity index (χ2n) is 3.65. The fraction of sp³-hybridized carbons (Fsp3) is 0.800. The van der Waals surface area contributed by atoms with Crippen molar-refractivity contribution in [3.63, 3.8) is 0 Å². The van der Waals surface area contributed by atoms with Crippen molar-refractivity contribution in [3.05, 3.63) is 12.2 Å². The van der Waals surface area contributed by atoms with E-state index in [-0.39, 0.29) is 0 Å².